The van der Waals surface area contributed by atoms with Gasteiger partial charge in [0.1, 0.15) is 77.1 Å². The van der Waals surface area contributed by atoms with Gasteiger partial charge in [0.05, 0.1) is 68.3 Å². The Kier molecular flexibility index (Phi) is 36.1. The van der Waals surface area contributed by atoms with Gasteiger partial charge in [0.2, 0.25) is 0 Å². The summed E-state index contributed by atoms with van der Waals surface area (Å²) in [6.45, 7) is 27.1. The zero-order valence-corrected chi connectivity index (χ0v) is 80.0. The van der Waals surface area contributed by atoms with Crippen LogP contribution in [0.15, 0.2) is 122 Å². The van der Waals surface area contributed by atoms with Crippen molar-refractivity contribution < 1.29 is 171 Å². The number of nitrogens with one attached hydrogen (secondary N) is 8. The quantitative estimate of drug-likeness (QED) is 0.0253. The normalized spacial score (nSPS) is 19.1. The fourth-order valence-corrected chi connectivity index (χ4v) is 15.3. The number of aromatic nitrogens is 12. The molecule has 4 aliphatic rings. The van der Waals surface area contributed by atoms with E-state index in [4.69, 9.17) is 49.3 Å². The van der Waals surface area contributed by atoms with Crippen LogP contribution in [0.3, 0.4) is 0 Å². The topological polar surface area (TPSA) is 652 Å². The van der Waals surface area contributed by atoms with Crippen molar-refractivity contribution in [3.63, 3.8) is 0 Å². The van der Waals surface area contributed by atoms with Crippen molar-refractivity contribution in [3.8, 4) is 0 Å². The summed E-state index contributed by atoms with van der Waals surface area (Å²) in [5.41, 5.74) is 1.49. The first kappa shape index (κ1) is 103. The maximum absolute atomic E-state index is 13.5. The number of aliphatic hydroxyl groups excluding tert-OH is 4. The SMILES string of the molecule is CC(C)(C)OC(=O)N1C(OCP(C)(C)=O)=C([Se]c2ccccc2)C[C@@H]1c1c[nH]c2c(=O)[nH]cnc12.CC(C)(C)OC(=O)N1C=CC[C@@H]1c1c[nH]c2c(=O)[nH]cnc12.CC(C)(C)OC(=O)N1[C@@H](c2c[nH]c3c(=O)[nH]cnc23)C[C@H](O)[C@H]1C(=O)O.CC(C)(C)OC(=O)N1[C@@H](c2c[nH]c3c(=O)[nH]cnc23)C[C@H](O)[C@H]1CO.CP(C)(=O)CO.[Na+].[O-][I+3]([O-])([O-])[O-].[O]=[Pt]=[O]. The average Bonchev–Trinajstić information content (AvgIpc) is 1.61. The summed E-state index contributed by atoms with van der Waals surface area (Å²) < 4.78 is 104. The van der Waals surface area contributed by atoms with Crippen molar-refractivity contribution >= 4 is 108 Å². The minimum atomic E-state index is -5.94. The molecule has 43 nitrogen and oxygen atoms in total. The van der Waals surface area contributed by atoms with Crippen molar-refractivity contribution in [2.75, 3.05) is 46.0 Å². The summed E-state index contributed by atoms with van der Waals surface area (Å²) in [5.74, 6) is -0.965. The van der Waals surface area contributed by atoms with Crippen LogP contribution in [0.5, 0.6) is 0 Å². The second-order valence-corrected chi connectivity index (χ2v) is 44.3. The molecule has 0 aliphatic carbocycles. The molecule has 0 saturated carbocycles. The number of carboxylic acid groups (broad SMARTS) is 1. The van der Waals surface area contributed by atoms with Crippen molar-refractivity contribution in [3.05, 3.63) is 167 Å². The zero-order valence-electron chi connectivity index (χ0n) is 70.0. The second kappa shape index (κ2) is 43.1. The van der Waals surface area contributed by atoms with E-state index in [1.54, 1.807) is 114 Å². The Balaban J connectivity index is 0.000000243. The Morgan fingerprint density at radius 1 is 0.545 bits per heavy atom. The van der Waals surface area contributed by atoms with Gasteiger partial charge in [-0.3, -0.25) is 42.8 Å². The minimum absolute atomic E-state index is 0. The summed E-state index contributed by atoms with van der Waals surface area (Å²) in [6.07, 6.45) is 11.8. The summed E-state index contributed by atoms with van der Waals surface area (Å²) in [4.78, 5) is 154. The number of carbonyl (C=O) groups excluding carboxylic acids is 4. The summed E-state index contributed by atoms with van der Waals surface area (Å²) in [6, 6.07) is 5.63. The third kappa shape index (κ3) is 29.0. The van der Waals surface area contributed by atoms with Crippen LogP contribution in [0, 0.1) is 0 Å². The summed E-state index contributed by atoms with van der Waals surface area (Å²) in [5, 5.41) is 47.8. The number of hydrogen-bond donors (Lipinski definition) is 13. The Morgan fingerprint density at radius 2 is 0.894 bits per heavy atom. The monoisotopic (exact) mass is 2130 g/mol. The van der Waals surface area contributed by atoms with E-state index in [1.807, 2.05) is 57.2 Å². The number of fused-ring (bicyclic) bond motifs is 4. The van der Waals surface area contributed by atoms with Gasteiger partial charge in [-0.05, 0) is 82.1 Å². The van der Waals surface area contributed by atoms with Crippen LogP contribution in [0.1, 0.15) is 155 Å². The molecule has 4 amide bonds. The molecule has 670 valence electrons. The molecule has 12 heterocycles. The van der Waals surface area contributed by atoms with Crippen LogP contribution in [-0.4, -0.2) is 243 Å². The van der Waals surface area contributed by atoms with Crippen molar-refractivity contribution in [1.29, 1.82) is 0 Å². The van der Waals surface area contributed by atoms with Gasteiger partial charge in [-0.25, -0.2) is 34.1 Å². The number of ether oxygens (including phenoxy) is 5. The first-order valence-electron chi connectivity index (χ1n) is 36.9. The van der Waals surface area contributed by atoms with Gasteiger partial charge in [-0.2, -0.15) is 0 Å². The molecule has 0 radical (unpaired) electrons. The Hall–Kier alpha value is -8.59. The number of rotatable bonds is 12. The maximum atomic E-state index is 13.5. The van der Waals surface area contributed by atoms with E-state index in [1.165, 1.54) is 46.2 Å². The molecule has 8 atom stereocenters. The Labute approximate surface area is 745 Å². The van der Waals surface area contributed by atoms with Crippen molar-refractivity contribution in [2.45, 2.75) is 180 Å². The van der Waals surface area contributed by atoms with Gasteiger partial charge in [-0.15, -0.1) is 0 Å². The first-order valence-corrected chi connectivity index (χ1v) is 49.6. The molecule has 13 N–H and O–H groups in total. The molecule has 2 saturated heterocycles. The van der Waals surface area contributed by atoms with Gasteiger partial charge >= 0.3 is 289 Å². The number of hydrogen-bond acceptors (Lipinski definition) is 30. The van der Waals surface area contributed by atoms with Crippen molar-refractivity contribution in [1.82, 2.24) is 79.4 Å². The predicted molar refractivity (Wildman–Crippen MR) is 424 cm³/mol. The molecule has 123 heavy (non-hydrogen) atoms. The molecule has 0 unspecified atom stereocenters. The van der Waals surface area contributed by atoms with Gasteiger partial charge in [0.15, 0.2) is 6.04 Å². The fraction of sp³-hybridized carbons (Fsp3) is 0.473. The first-order chi connectivity index (χ1) is 56.6. The number of aliphatic hydroxyl groups is 4. The van der Waals surface area contributed by atoms with E-state index >= 15 is 0 Å². The van der Waals surface area contributed by atoms with E-state index in [9.17, 15) is 72.7 Å². The van der Waals surface area contributed by atoms with Crippen LogP contribution in [0.25, 0.3) is 44.1 Å². The summed E-state index contributed by atoms with van der Waals surface area (Å²) >= 11 is -8.02. The number of carboxylic acids is 1. The number of aliphatic carboxylic acids is 1. The van der Waals surface area contributed by atoms with Crippen LogP contribution >= 0.6 is 14.3 Å². The Bertz CT molecular complexity index is 5640. The standard InChI is InChI=1S/C24H29N4O5PSe.C16H20N4O6.C16H22N4O5.C15H18N4O3.C3H9O2P.IO4.Na.2O.Pt/c1-24(2,3)33-23(30)28-17(16-12-25-20-19(16)26-13-27-21(20)29)11-18(22(28)32-14-34(4,5)31)35-15-9-7-6-8-10-15;1-16(2,3)26-15(25)20-8(4-9(21)12(20)14(23)24)7-5-17-11-10(7)18-6-19-13(11)22;1-16(2,3)25-15(24)20-9(4-11(22)10(20)6-21)8-5-17-13-12(8)18-7-19-14(13)23;1-15(2,3)22-14(21)19-6-4-5-10(19)9-7-16-12-11(9)17-8-18-13(12)20;1-6(2,5)3-4;2-1(3,4)5;;;;/h6-10,12-13,17,25H,11,14H2,1-5H3,(H,26,27,29);5-6,8-9,12,17,21H,4H2,1-3H3,(H,23,24)(H,18,19,22);5,7,9-11,17,21-22H,4,6H2,1-3H3,(H,18,19,23);4,6-8,10,16H,5H2,1-3H3,(H,17,18,20);4H,3H2,1-2H3;;;;;/q;;;;;-1;+1;;;/t17-;8-,9+,12+;9-,10-,11+;10-;;;;;;/m1111....../s1. The molecule has 49 heteroatoms. The molecule has 9 aromatic rings. The Morgan fingerprint density at radius 3 is 1.26 bits per heavy atom. The molecule has 0 bridgehead atoms. The molecule has 2 fully saturated rings. The van der Waals surface area contributed by atoms with Crippen LogP contribution in [-0.2, 0) is 62.9 Å². The third-order valence-electron chi connectivity index (χ3n) is 17.3. The van der Waals surface area contributed by atoms with E-state index in [0.29, 0.717) is 74.0 Å². The number of H-pyrrole nitrogens is 8. The number of aromatic amines is 8. The molecule has 8 aromatic heterocycles. The molecule has 0 spiro atoms. The molecular weight excluding hydrogens is 2030 g/mol. The van der Waals surface area contributed by atoms with Gasteiger partial charge in [-0.1, -0.05) is 6.08 Å². The van der Waals surface area contributed by atoms with Crippen molar-refractivity contribution in [2.24, 2.45) is 0 Å². The summed E-state index contributed by atoms with van der Waals surface area (Å²) in [7, 11) is -4.63. The van der Waals surface area contributed by atoms with Gasteiger partial charge in [0.25, 0.3) is 16.7 Å². The van der Waals surface area contributed by atoms with E-state index < -0.39 is 160 Å². The number of nitrogens with zero attached hydrogens (tertiary/aromatic N) is 8. The van der Waals surface area contributed by atoms with Gasteiger partial charge in [0, 0.05) is 54.3 Å². The molecule has 1 aromatic carbocycles. The molecule has 4 aliphatic heterocycles. The number of likely N-dealkylation sites (tertiary alicyclic amines) is 2. The number of carbonyl (C=O) groups is 5. The zero-order chi connectivity index (χ0) is 91.3. The number of benzene rings is 1. The average molecular weight is 2130 g/mol. The van der Waals surface area contributed by atoms with Gasteiger partial charge < -0.3 is 74.2 Å². The third-order valence-corrected chi connectivity index (χ3v) is 21.0. The van der Waals surface area contributed by atoms with Crippen LogP contribution in [0.2, 0.25) is 0 Å². The van der Waals surface area contributed by atoms with Crippen LogP contribution < -0.4 is 90.1 Å². The van der Waals surface area contributed by atoms with E-state index in [2.05, 4.69) is 59.8 Å². The number of amides is 4. The second-order valence-electron chi connectivity index (χ2n) is 32.5. The predicted octanol–water partition coefficient (Wildman–Crippen LogP) is -2.85. The van der Waals surface area contributed by atoms with E-state index in [0.717, 1.165) is 19.4 Å². The molecular formula is C74H98IN16NaO27P2PtSe. The van der Waals surface area contributed by atoms with Crippen LogP contribution in [0.4, 0.5) is 19.2 Å². The number of halogens is 1. The fourth-order valence-electron chi connectivity index (χ4n) is 12.6. The molecule has 13 rings (SSSR count). The van der Waals surface area contributed by atoms with E-state index in [-0.39, 0.29) is 98.3 Å².